The van der Waals surface area contributed by atoms with Crippen molar-refractivity contribution in [3.63, 3.8) is 0 Å². The van der Waals surface area contributed by atoms with E-state index >= 15 is 0 Å². The van der Waals surface area contributed by atoms with Crippen LogP contribution in [-0.4, -0.2) is 42.2 Å². The van der Waals surface area contributed by atoms with E-state index in [0.29, 0.717) is 17.3 Å². The lowest BCUT2D eigenvalue weighted by atomic mass is 10.3. The number of carbonyl (C=O) groups excluding carboxylic acids is 1. The molecule has 5 heteroatoms. The van der Waals surface area contributed by atoms with Crippen molar-refractivity contribution in [3.8, 4) is 0 Å². The first-order valence-electron chi connectivity index (χ1n) is 6.04. The normalized spacial score (nSPS) is 10.7. The molecule has 0 aromatic heterocycles. The third-order valence-electron chi connectivity index (χ3n) is 2.43. The molecule has 0 spiro atoms. The highest BCUT2D eigenvalue weighted by atomic mass is 35.5. The molecule has 100 valence electrons. The lowest BCUT2D eigenvalue weighted by molar-refractivity contribution is -0.117. The van der Waals surface area contributed by atoms with Gasteiger partial charge in [-0.25, -0.2) is 0 Å². The van der Waals surface area contributed by atoms with Crippen LogP contribution >= 0.6 is 11.6 Å². The van der Waals surface area contributed by atoms with Crippen molar-refractivity contribution in [2.75, 3.05) is 31.6 Å². The lowest BCUT2D eigenvalue weighted by Gasteiger charge is -2.19. The van der Waals surface area contributed by atoms with Gasteiger partial charge in [0.2, 0.25) is 5.91 Å². The summed E-state index contributed by atoms with van der Waals surface area (Å²) in [5.74, 6) is -0.0980. The highest BCUT2D eigenvalue weighted by Gasteiger charge is 2.09. The van der Waals surface area contributed by atoms with Gasteiger partial charge in [-0.3, -0.25) is 9.69 Å². The van der Waals surface area contributed by atoms with Gasteiger partial charge in [0.15, 0.2) is 0 Å². The van der Waals surface area contributed by atoms with Crippen molar-refractivity contribution in [2.24, 2.45) is 0 Å². The van der Waals surface area contributed by atoms with Crippen molar-refractivity contribution in [1.29, 1.82) is 0 Å². The molecule has 0 aliphatic carbocycles. The summed E-state index contributed by atoms with van der Waals surface area (Å²) >= 11 is 5.84. The molecule has 0 atom stereocenters. The Morgan fingerprint density at radius 2 is 2.22 bits per heavy atom. The maximum atomic E-state index is 11.8. The highest BCUT2D eigenvalue weighted by Crippen LogP contribution is 2.14. The van der Waals surface area contributed by atoms with E-state index in [2.05, 4.69) is 5.32 Å². The number of hydrogen-bond acceptors (Lipinski definition) is 3. The first-order valence-corrected chi connectivity index (χ1v) is 6.42. The van der Waals surface area contributed by atoms with Gasteiger partial charge >= 0.3 is 0 Å². The molecule has 0 aliphatic rings. The van der Waals surface area contributed by atoms with E-state index in [4.69, 9.17) is 16.7 Å². The summed E-state index contributed by atoms with van der Waals surface area (Å²) in [7, 11) is 0. The van der Waals surface area contributed by atoms with Crippen LogP contribution in [0.2, 0.25) is 5.02 Å². The van der Waals surface area contributed by atoms with Gasteiger partial charge in [0.1, 0.15) is 0 Å². The Morgan fingerprint density at radius 3 is 2.83 bits per heavy atom. The van der Waals surface area contributed by atoms with E-state index in [9.17, 15) is 4.79 Å². The molecular weight excluding hydrogens is 252 g/mol. The number of rotatable bonds is 7. The summed E-state index contributed by atoms with van der Waals surface area (Å²) in [6, 6.07) is 7.04. The number of nitrogens with one attached hydrogen (secondary N) is 1. The minimum Gasteiger partial charge on any atom is -0.395 e. The standard InChI is InChI=1S/C13H19ClN2O2/c1-2-6-16(7-8-17)10-13(18)15-12-5-3-4-11(14)9-12/h3-5,9,17H,2,6-8,10H2,1H3,(H,15,18). The molecule has 1 aromatic rings. The minimum atomic E-state index is -0.0980. The van der Waals surface area contributed by atoms with E-state index in [1.807, 2.05) is 11.8 Å². The summed E-state index contributed by atoms with van der Waals surface area (Å²) in [5, 5.41) is 12.3. The van der Waals surface area contributed by atoms with Crippen LogP contribution in [-0.2, 0) is 4.79 Å². The molecule has 1 rings (SSSR count). The maximum Gasteiger partial charge on any atom is 0.238 e. The predicted octanol–water partition coefficient (Wildman–Crippen LogP) is 1.98. The lowest BCUT2D eigenvalue weighted by Crippen LogP contribution is -2.35. The second-order valence-electron chi connectivity index (χ2n) is 4.06. The van der Waals surface area contributed by atoms with Crippen LogP contribution in [0.5, 0.6) is 0 Å². The third-order valence-corrected chi connectivity index (χ3v) is 2.67. The van der Waals surface area contributed by atoms with Crippen LogP contribution in [0.4, 0.5) is 5.69 Å². The van der Waals surface area contributed by atoms with Crippen molar-refractivity contribution >= 4 is 23.2 Å². The third kappa shape index (κ3) is 5.49. The van der Waals surface area contributed by atoms with E-state index < -0.39 is 0 Å². The molecule has 0 heterocycles. The first-order chi connectivity index (χ1) is 8.65. The number of carbonyl (C=O) groups is 1. The van der Waals surface area contributed by atoms with E-state index in [1.165, 1.54) is 0 Å². The van der Waals surface area contributed by atoms with Gasteiger partial charge in [-0.15, -0.1) is 0 Å². The molecule has 0 saturated heterocycles. The van der Waals surface area contributed by atoms with Gasteiger partial charge in [0.05, 0.1) is 13.2 Å². The predicted molar refractivity (Wildman–Crippen MR) is 73.9 cm³/mol. The van der Waals surface area contributed by atoms with Gasteiger partial charge in [-0.2, -0.15) is 0 Å². The molecule has 0 saturated carbocycles. The average molecular weight is 271 g/mol. The fourth-order valence-corrected chi connectivity index (χ4v) is 1.89. The van der Waals surface area contributed by atoms with Crippen LogP contribution in [0, 0.1) is 0 Å². The monoisotopic (exact) mass is 270 g/mol. The second kappa shape index (κ2) is 8.08. The Labute approximate surface area is 113 Å². The van der Waals surface area contributed by atoms with E-state index in [0.717, 1.165) is 13.0 Å². The first kappa shape index (κ1) is 15.0. The largest absolute Gasteiger partial charge is 0.395 e. The molecule has 0 radical (unpaired) electrons. The van der Waals surface area contributed by atoms with Gasteiger partial charge in [-0.05, 0) is 31.2 Å². The SMILES string of the molecule is CCCN(CCO)CC(=O)Nc1cccc(Cl)c1. The molecular formula is C13H19ClN2O2. The van der Waals surface area contributed by atoms with Crippen LogP contribution in [0.15, 0.2) is 24.3 Å². The molecule has 0 fully saturated rings. The van der Waals surface area contributed by atoms with Gasteiger partial charge in [0, 0.05) is 17.3 Å². The molecule has 0 bridgehead atoms. The Kier molecular flexibility index (Phi) is 6.72. The van der Waals surface area contributed by atoms with Crippen molar-refractivity contribution in [3.05, 3.63) is 29.3 Å². The Balaban J connectivity index is 2.49. The summed E-state index contributed by atoms with van der Waals surface area (Å²) in [6.07, 6.45) is 0.949. The van der Waals surface area contributed by atoms with Crippen molar-refractivity contribution in [1.82, 2.24) is 4.90 Å². The quantitative estimate of drug-likeness (QED) is 0.797. The van der Waals surface area contributed by atoms with Gasteiger partial charge in [-0.1, -0.05) is 24.6 Å². The van der Waals surface area contributed by atoms with Gasteiger partial charge in [0.25, 0.3) is 0 Å². The summed E-state index contributed by atoms with van der Waals surface area (Å²) in [6.45, 7) is 3.69. The molecule has 1 aromatic carbocycles. The minimum absolute atomic E-state index is 0.0600. The molecule has 4 nitrogen and oxygen atoms in total. The number of halogens is 1. The zero-order valence-corrected chi connectivity index (χ0v) is 11.3. The molecule has 0 aliphatic heterocycles. The van der Waals surface area contributed by atoms with Crippen molar-refractivity contribution in [2.45, 2.75) is 13.3 Å². The van der Waals surface area contributed by atoms with Crippen LogP contribution in [0.3, 0.4) is 0 Å². The Hall–Kier alpha value is -1.10. The topological polar surface area (TPSA) is 52.6 Å². The van der Waals surface area contributed by atoms with E-state index in [1.54, 1.807) is 24.3 Å². The molecule has 1 amide bonds. The zero-order chi connectivity index (χ0) is 13.4. The van der Waals surface area contributed by atoms with Crippen molar-refractivity contribution < 1.29 is 9.90 Å². The number of amides is 1. The maximum absolute atomic E-state index is 11.8. The van der Waals surface area contributed by atoms with Crippen LogP contribution in [0.25, 0.3) is 0 Å². The number of nitrogens with zero attached hydrogens (tertiary/aromatic N) is 1. The summed E-state index contributed by atoms with van der Waals surface area (Å²) < 4.78 is 0. The summed E-state index contributed by atoms with van der Waals surface area (Å²) in [4.78, 5) is 13.7. The number of anilines is 1. The highest BCUT2D eigenvalue weighted by molar-refractivity contribution is 6.30. The van der Waals surface area contributed by atoms with Crippen LogP contribution in [0.1, 0.15) is 13.3 Å². The molecule has 18 heavy (non-hydrogen) atoms. The zero-order valence-electron chi connectivity index (χ0n) is 10.5. The summed E-state index contributed by atoms with van der Waals surface area (Å²) in [5.41, 5.74) is 0.688. The number of hydrogen-bond donors (Lipinski definition) is 2. The number of aliphatic hydroxyl groups is 1. The number of aliphatic hydroxyl groups excluding tert-OH is 1. The number of benzene rings is 1. The Bertz CT molecular complexity index is 379. The molecule has 0 unspecified atom stereocenters. The smallest absolute Gasteiger partial charge is 0.238 e. The fraction of sp³-hybridized carbons (Fsp3) is 0.462. The van der Waals surface area contributed by atoms with E-state index in [-0.39, 0.29) is 19.1 Å². The second-order valence-corrected chi connectivity index (χ2v) is 4.49. The fourth-order valence-electron chi connectivity index (χ4n) is 1.70. The van der Waals surface area contributed by atoms with Crippen LogP contribution < -0.4 is 5.32 Å². The van der Waals surface area contributed by atoms with Gasteiger partial charge < -0.3 is 10.4 Å². The Morgan fingerprint density at radius 1 is 1.44 bits per heavy atom. The average Bonchev–Trinajstić information content (AvgIpc) is 2.29. The molecule has 2 N–H and O–H groups in total.